The van der Waals surface area contributed by atoms with Crippen molar-refractivity contribution in [1.82, 2.24) is 4.90 Å². The molecule has 0 fully saturated rings. The molecule has 1 unspecified atom stereocenters. The molecule has 1 aliphatic heterocycles. The summed E-state index contributed by atoms with van der Waals surface area (Å²) in [4.78, 5) is 29.6. The lowest BCUT2D eigenvalue weighted by Gasteiger charge is -2.26. The quantitative estimate of drug-likeness (QED) is 0.335. The van der Waals surface area contributed by atoms with Crippen LogP contribution in [0, 0.1) is 13.8 Å². The zero-order valence-corrected chi connectivity index (χ0v) is 22.2. The van der Waals surface area contributed by atoms with Crippen LogP contribution < -0.4 is 24.4 Å². The van der Waals surface area contributed by atoms with E-state index in [-0.39, 0.29) is 29.2 Å². The standard InChI is InChI=1S/C30H29NO7/c1-16-11-17(2)27-21(12-16)26(32)24-25(19-13-22(35-4)28(37-6)23(14-19)36-5)31(30(33)29(24)38-27)15-18-7-9-20(34-3)10-8-18/h7-14,25H,15H2,1-6H3. The molecule has 1 aromatic heterocycles. The first kappa shape index (κ1) is 25.2. The van der Waals surface area contributed by atoms with E-state index in [9.17, 15) is 9.59 Å². The van der Waals surface area contributed by atoms with Gasteiger partial charge in [0.05, 0.1) is 45.4 Å². The van der Waals surface area contributed by atoms with Crippen molar-refractivity contribution in [3.8, 4) is 23.0 Å². The fourth-order valence-electron chi connectivity index (χ4n) is 5.17. The number of hydrogen-bond acceptors (Lipinski definition) is 7. The Balaban J connectivity index is 1.76. The molecule has 0 saturated carbocycles. The molecule has 196 valence electrons. The van der Waals surface area contributed by atoms with E-state index in [1.54, 1.807) is 30.2 Å². The number of amides is 1. The Kier molecular flexibility index (Phi) is 6.48. The minimum absolute atomic E-state index is 0.0433. The lowest BCUT2D eigenvalue weighted by molar-refractivity contribution is 0.0714. The Morgan fingerprint density at radius 2 is 1.50 bits per heavy atom. The number of nitrogens with zero attached hydrogens (tertiary/aromatic N) is 1. The summed E-state index contributed by atoms with van der Waals surface area (Å²) in [6.07, 6.45) is 0. The van der Waals surface area contributed by atoms with E-state index in [1.165, 1.54) is 21.3 Å². The summed E-state index contributed by atoms with van der Waals surface area (Å²) in [6, 6.07) is 14.0. The topological polar surface area (TPSA) is 87.4 Å². The van der Waals surface area contributed by atoms with Gasteiger partial charge in [0.2, 0.25) is 11.5 Å². The number of rotatable bonds is 7. The normalized spacial score (nSPS) is 14.5. The second-order valence-corrected chi connectivity index (χ2v) is 9.27. The van der Waals surface area contributed by atoms with Crippen LogP contribution in [0.4, 0.5) is 0 Å². The Hall–Kier alpha value is -4.46. The largest absolute Gasteiger partial charge is 0.497 e. The number of methoxy groups -OCH3 is 4. The summed E-state index contributed by atoms with van der Waals surface area (Å²) in [5.74, 6) is 1.64. The van der Waals surface area contributed by atoms with Crippen LogP contribution >= 0.6 is 0 Å². The second kappa shape index (κ2) is 9.78. The van der Waals surface area contributed by atoms with E-state index in [0.29, 0.717) is 39.5 Å². The van der Waals surface area contributed by atoms with Crippen LogP contribution in [-0.4, -0.2) is 39.2 Å². The van der Waals surface area contributed by atoms with Crippen molar-refractivity contribution in [3.63, 3.8) is 0 Å². The van der Waals surface area contributed by atoms with Gasteiger partial charge in [0.25, 0.3) is 5.91 Å². The lowest BCUT2D eigenvalue weighted by Crippen LogP contribution is -2.29. The van der Waals surface area contributed by atoms with Gasteiger partial charge in [-0.25, -0.2) is 0 Å². The summed E-state index contributed by atoms with van der Waals surface area (Å²) < 4.78 is 28.1. The highest BCUT2D eigenvalue weighted by molar-refractivity contribution is 5.99. The van der Waals surface area contributed by atoms with E-state index < -0.39 is 6.04 Å². The van der Waals surface area contributed by atoms with Crippen LogP contribution in [0.5, 0.6) is 23.0 Å². The van der Waals surface area contributed by atoms with Gasteiger partial charge in [-0.3, -0.25) is 9.59 Å². The van der Waals surface area contributed by atoms with Crippen LogP contribution in [0.2, 0.25) is 0 Å². The van der Waals surface area contributed by atoms with Gasteiger partial charge in [0.1, 0.15) is 11.3 Å². The van der Waals surface area contributed by atoms with Gasteiger partial charge in [-0.15, -0.1) is 0 Å². The Morgan fingerprint density at radius 3 is 2.08 bits per heavy atom. The van der Waals surface area contributed by atoms with Gasteiger partial charge in [-0.1, -0.05) is 18.2 Å². The van der Waals surface area contributed by atoms with Gasteiger partial charge in [0, 0.05) is 6.54 Å². The molecule has 38 heavy (non-hydrogen) atoms. The maximum absolute atomic E-state index is 14.0. The number of ether oxygens (including phenoxy) is 4. The molecule has 0 saturated heterocycles. The molecule has 0 N–H and O–H groups in total. The molecule has 0 radical (unpaired) electrons. The average molecular weight is 516 g/mol. The predicted molar refractivity (Wildman–Crippen MR) is 143 cm³/mol. The van der Waals surface area contributed by atoms with Crippen molar-refractivity contribution < 1.29 is 28.2 Å². The number of fused-ring (bicyclic) bond motifs is 2. The third-order valence-electron chi connectivity index (χ3n) is 6.91. The number of aryl methyl sites for hydroxylation is 2. The summed E-state index contributed by atoms with van der Waals surface area (Å²) in [5, 5.41) is 0.442. The maximum atomic E-state index is 14.0. The Labute approximate surface area is 220 Å². The van der Waals surface area contributed by atoms with Crippen molar-refractivity contribution in [1.29, 1.82) is 0 Å². The molecule has 0 bridgehead atoms. The molecule has 5 rings (SSSR count). The zero-order valence-electron chi connectivity index (χ0n) is 22.2. The summed E-state index contributed by atoms with van der Waals surface area (Å²) >= 11 is 0. The SMILES string of the molecule is COc1ccc(CN2C(=O)c3oc4c(C)cc(C)cc4c(=O)c3C2c2cc(OC)c(OC)c(OC)c2)cc1. The number of carbonyl (C=O) groups excluding carboxylic acids is 1. The summed E-state index contributed by atoms with van der Waals surface area (Å²) in [5.41, 5.74) is 3.71. The fraction of sp³-hybridized carbons (Fsp3) is 0.267. The first-order valence-electron chi connectivity index (χ1n) is 12.1. The van der Waals surface area contributed by atoms with Crippen LogP contribution in [0.3, 0.4) is 0 Å². The lowest BCUT2D eigenvalue weighted by atomic mass is 9.96. The molecule has 1 aliphatic rings. The van der Waals surface area contributed by atoms with Crippen LogP contribution in [0.1, 0.15) is 44.4 Å². The summed E-state index contributed by atoms with van der Waals surface area (Å²) in [7, 11) is 6.17. The highest BCUT2D eigenvalue weighted by Gasteiger charge is 2.43. The molecular formula is C30H29NO7. The van der Waals surface area contributed by atoms with E-state index in [0.717, 1.165) is 16.7 Å². The van der Waals surface area contributed by atoms with Crippen LogP contribution in [0.15, 0.2) is 57.7 Å². The smallest absolute Gasteiger partial charge is 0.291 e. The Morgan fingerprint density at radius 1 is 0.842 bits per heavy atom. The first-order chi connectivity index (χ1) is 18.3. The van der Waals surface area contributed by atoms with Crippen molar-refractivity contribution in [3.05, 3.63) is 92.3 Å². The molecule has 8 nitrogen and oxygen atoms in total. The number of hydrogen-bond donors (Lipinski definition) is 0. The molecule has 4 aromatic rings. The number of benzene rings is 3. The van der Waals surface area contributed by atoms with Crippen molar-refractivity contribution in [2.75, 3.05) is 28.4 Å². The fourth-order valence-corrected chi connectivity index (χ4v) is 5.17. The van der Waals surface area contributed by atoms with Gasteiger partial charge >= 0.3 is 0 Å². The van der Waals surface area contributed by atoms with Crippen molar-refractivity contribution in [2.45, 2.75) is 26.4 Å². The molecule has 1 atom stereocenters. The van der Waals surface area contributed by atoms with Gasteiger partial charge in [-0.2, -0.15) is 0 Å². The molecule has 0 aliphatic carbocycles. The summed E-state index contributed by atoms with van der Waals surface area (Å²) in [6.45, 7) is 4.04. The van der Waals surface area contributed by atoms with Gasteiger partial charge < -0.3 is 28.3 Å². The average Bonchev–Trinajstić information content (AvgIpc) is 3.20. The maximum Gasteiger partial charge on any atom is 0.291 e. The molecule has 0 spiro atoms. The van der Waals surface area contributed by atoms with E-state index in [4.69, 9.17) is 23.4 Å². The van der Waals surface area contributed by atoms with Crippen molar-refractivity contribution in [2.24, 2.45) is 0 Å². The molecule has 8 heteroatoms. The van der Waals surface area contributed by atoms with Crippen LogP contribution in [0.25, 0.3) is 11.0 Å². The monoisotopic (exact) mass is 515 g/mol. The highest BCUT2D eigenvalue weighted by Crippen LogP contribution is 2.45. The second-order valence-electron chi connectivity index (χ2n) is 9.27. The third-order valence-corrected chi connectivity index (χ3v) is 6.91. The molecule has 1 amide bonds. The van der Waals surface area contributed by atoms with Crippen LogP contribution in [-0.2, 0) is 6.54 Å². The molecule has 2 heterocycles. The van der Waals surface area contributed by atoms with E-state index in [1.807, 2.05) is 44.2 Å². The molecular weight excluding hydrogens is 486 g/mol. The third kappa shape index (κ3) is 4.02. The van der Waals surface area contributed by atoms with E-state index >= 15 is 0 Å². The van der Waals surface area contributed by atoms with E-state index in [2.05, 4.69) is 0 Å². The van der Waals surface area contributed by atoms with Gasteiger partial charge in [0.15, 0.2) is 16.9 Å². The zero-order chi connectivity index (χ0) is 27.1. The highest BCUT2D eigenvalue weighted by atomic mass is 16.5. The Bertz CT molecular complexity index is 1580. The molecule has 3 aromatic carbocycles. The predicted octanol–water partition coefficient (Wildman–Crippen LogP) is 5.19. The van der Waals surface area contributed by atoms with Crippen molar-refractivity contribution >= 4 is 16.9 Å². The van der Waals surface area contributed by atoms with Gasteiger partial charge in [-0.05, 0) is 66.4 Å². The number of carbonyl (C=O) groups is 1. The minimum Gasteiger partial charge on any atom is -0.497 e. The minimum atomic E-state index is -0.741. The first-order valence-corrected chi connectivity index (χ1v) is 12.1.